The summed E-state index contributed by atoms with van der Waals surface area (Å²) in [6.07, 6.45) is -0.219. The first-order chi connectivity index (χ1) is 21.0. The Balaban J connectivity index is 1.28. The summed E-state index contributed by atoms with van der Waals surface area (Å²) < 4.78 is 54.7. The van der Waals surface area contributed by atoms with Crippen LogP contribution in [0.15, 0.2) is 30.6 Å². The van der Waals surface area contributed by atoms with Crippen LogP contribution in [-0.2, 0) is 17.5 Å². The molecule has 0 amide bonds. The molecule has 0 spiro atoms. The first-order valence-corrected chi connectivity index (χ1v) is 15.4. The van der Waals surface area contributed by atoms with Crippen LogP contribution in [0, 0.1) is 5.82 Å². The monoisotopic (exact) mass is 637 g/mol. The summed E-state index contributed by atoms with van der Waals surface area (Å²) in [4.78, 5) is 31.2. The number of anilines is 2. The minimum Gasteiger partial charge on any atom is -0.481 e. The summed E-state index contributed by atoms with van der Waals surface area (Å²) in [6.45, 7) is 7.04. The molecule has 3 N–H and O–H groups in total. The van der Waals surface area contributed by atoms with Crippen LogP contribution in [0.25, 0.3) is 11.3 Å². The molecule has 0 bridgehead atoms. The Kier molecular flexibility index (Phi) is 9.97. The predicted molar refractivity (Wildman–Crippen MR) is 158 cm³/mol. The summed E-state index contributed by atoms with van der Waals surface area (Å²) in [6, 6.07) is 2.70. The fourth-order valence-corrected chi connectivity index (χ4v) is 6.56. The topological polar surface area (TPSA) is 118 Å². The number of carboxylic acid groups (broad SMARTS) is 1. The second-order valence-electron chi connectivity index (χ2n) is 11.2. The molecular weight excluding hydrogens is 602 g/mol. The molecule has 2 aliphatic rings. The summed E-state index contributed by atoms with van der Waals surface area (Å²) >= 11 is 1.20. The van der Waals surface area contributed by atoms with E-state index in [0.29, 0.717) is 48.9 Å². The first kappa shape index (κ1) is 32.0. The van der Waals surface area contributed by atoms with Crippen molar-refractivity contribution < 1.29 is 32.6 Å². The van der Waals surface area contributed by atoms with E-state index in [2.05, 4.69) is 41.9 Å². The Morgan fingerprint density at radius 3 is 2.55 bits per heavy atom. The summed E-state index contributed by atoms with van der Waals surface area (Å²) in [5.74, 6) is -1.15. The number of halogens is 4. The van der Waals surface area contributed by atoms with Gasteiger partial charge in [-0.3, -0.25) is 19.6 Å². The number of rotatable bonds is 11. The molecule has 2 fully saturated rings. The van der Waals surface area contributed by atoms with Crippen molar-refractivity contribution in [3.63, 3.8) is 0 Å². The molecule has 0 aliphatic carbocycles. The molecule has 238 valence electrons. The van der Waals surface area contributed by atoms with Crippen molar-refractivity contribution in [1.82, 2.24) is 24.8 Å². The lowest BCUT2D eigenvalue weighted by molar-refractivity contribution is -0.138. The van der Waals surface area contributed by atoms with Gasteiger partial charge in [-0.2, -0.15) is 13.2 Å². The van der Waals surface area contributed by atoms with Gasteiger partial charge in [-0.1, -0.05) is 0 Å². The third-order valence-corrected chi connectivity index (χ3v) is 8.96. The van der Waals surface area contributed by atoms with Gasteiger partial charge in [0.05, 0.1) is 23.7 Å². The van der Waals surface area contributed by atoms with Gasteiger partial charge in [0.1, 0.15) is 17.3 Å². The lowest BCUT2D eigenvalue weighted by Gasteiger charge is -2.35. The van der Waals surface area contributed by atoms with Crippen molar-refractivity contribution in [2.75, 3.05) is 49.5 Å². The van der Waals surface area contributed by atoms with E-state index in [-0.39, 0.29) is 28.5 Å². The Labute approximate surface area is 256 Å². The highest BCUT2D eigenvalue weighted by Crippen LogP contribution is 2.38. The highest BCUT2D eigenvalue weighted by molar-refractivity contribution is 7.16. The number of aromatic nitrogens is 3. The Bertz CT molecular complexity index is 1430. The molecular formula is C29H35F4N7O3S. The Morgan fingerprint density at radius 2 is 1.91 bits per heavy atom. The van der Waals surface area contributed by atoms with Gasteiger partial charge in [-0.05, 0) is 57.5 Å². The van der Waals surface area contributed by atoms with Crippen LogP contribution in [0.4, 0.5) is 28.5 Å². The van der Waals surface area contributed by atoms with Gasteiger partial charge in [0.15, 0.2) is 11.4 Å². The van der Waals surface area contributed by atoms with Crippen molar-refractivity contribution in [1.29, 1.82) is 0 Å². The standard InChI is InChI=1S/C29H35F4N7O3S/c1-18-4-2-7-40(18)17-23-26(19-12-20(29(31,32)33)14-21(30)13-19)36-28(44-23)37-27(43)22-15-35-24(16-34-22)39-10-8-38(9-11-39)6-3-5-25(41)42/h12-16,18,27,43H,2-11,17H2,1H3,(H,36,37)(H,41,42)/t18-,27?/m1/s1. The maximum Gasteiger partial charge on any atom is 0.416 e. The zero-order valence-corrected chi connectivity index (χ0v) is 25.0. The fraction of sp³-hybridized carbons (Fsp3) is 0.517. The van der Waals surface area contributed by atoms with E-state index in [9.17, 15) is 27.5 Å². The molecule has 2 aliphatic heterocycles. The van der Waals surface area contributed by atoms with Crippen molar-refractivity contribution >= 4 is 28.3 Å². The molecule has 0 radical (unpaired) electrons. The van der Waals surface area contributed by atoms with E-state index in [1.807, 2.05) is 0 Å². The smallest absolute Gasteiger partial charge is 0.416 e. The number of aliphatic hydroxyl groups excluding tert-OH is 1. The number of carbonyl (C=O) groups is 1. The molecule has 5 rings (SSSR count). The van der Waals surface area contributed by atoms with Crippen LogP contribution in [0.5, 0.6) is 0 Å². The second-order valence-corrected chi connectivity index (χ2v) is 12.2. The van der Waals surface area contributed by atoms with E-state index in [1.165, 1.54) is 17.5 Å². The maximum absolute atomic E-state index is 14.3. The molecule has 1 aromatic carbocycles. The normalized spacial score (nSPS) is 19.0. The first-order valence-electron chi connectivity index (χ1n) is 14.5. The van der Waals surface area contributed by atoms with Crippen LogP contribution in [0.1, 0.15) is 55.0 Å². The summed E-state index contributed by atoms with van der Waals surface area (Å²) in [5, 5.41) is 22.9. The molecule has 44 heavy (non-hydrogen) atoms. The van der Waals surface area contributed by atoms with E-state index in [0.717, 1.165) is 51.2 Å². The number of thiazole rings is 1. The Morgan fingerprint density at radius 1 is 1.14 bits per heavy atom. The quantitative estimate of drug-likeness (QED) is 0.199. The molecule has 3 aromatic rings. The lowest BCUT2D eigenvalue weighted by atomic mass is 10.1. The maximum atomic E-state index is 14.3. The van der Waals surface area contributed by atoms with E-state index in [4.69, 9.17) is 5.11 Å². The third kappa shape index (κ3) is 8.00. The van der Waals surface area contributed by atoms with E-state index >= 15 is 0 Å². The number of likely N-dealkylation sites (tertiary alicyclic amines) is 1. The van der Waals surface area contributed by atoms with Gasteiger partial charge in [-0.15, -0.1) is 11.3 Å². The zero-order valence-electron chi connectivity index (χ0n) is 24.2. The number of nitrogens with one attached hydrogen (secondary N) is 1. The molecule has 15 heteroatoms. The number of nitrogens with zero attached hydrogens (tertiary/aromatic N) is 6. The highest BCUT2D eigenvalue weighted by Gasteiger charge is 2.32. The van der Waals surface area contributed by atoms with Crippen LogP contribution < -0.4 is 10.2 Å². The second kappa shape index (κ2) is 13.7. The number of piperazine rings is 1. The number of hydrogen-bond donors (Lipinski definition) is 3. The largest absolute Gasteiger partial charge is 0.481 e. The Hall–Kier alpha value is -3.40. The van der Waals surface area contributed by atoms with E-state index < -0.39 is 29.8 Å². The SMILES string of the molecule is C[C@@H]1CCCN1Cc1sc(NC(O)c2cnc(N3CCN(CCCC(=O)O)CC3)cn2)nc1-c1cc(F)cc(C(F)(F)F)c1. The minimum absolute atomic E-state index is 0.0177. The van der Waals surface area contributed by atoms with Crippen molar-refractivity contribution in [2.45, 2.75) is 57.6 Å². The van der Waals surface area contributed by atoms with Crippen LogP contribution >= 0.6 is 11.3 Å². The van der Waals surface area contributed by atoms with Gasteiger partial charge >= 0.3 is 12.1 Å². The van der Waals surface area contributed by atoms with Gasteiger partial charge in [0.2, 0.25) is 0 Å². The van der Waals surface area contributed by atoms with Crippen LogP contribution in [-0.4, -0.2) is 86.2 Å². The van der Waals surface area contributed by atoms with Crippen molar-refractivity contribution in [3.05, 3.63) is 52.5 Å². The number of carboxylic acids is 1. The molecule has 0 saturated carbocycles. The highest BCUT2D eigenvalue weighted by atomic mass is 32.1. The number of alkyl halides is 3. The summed E-state index contributed by atoms with van der Waals surface area (Å²) in [7, 11) is 0. The molecule has 2 saturated heterocycles. The van der Waals surface area contributed by atoms with Gasteiger partial charge in [0.25, 0.3) is 0 Å². The summed E-state index contributed by atoms with van der Waals surface area (Å²) in [5.41, 5.74) is -0.607. The fourth-order valence-electron chi connectivity index (χ4n) is 5.53. The van der Waals surface area contributed by atoms with Crippen LogP contribution in [0.3, 0.4) is 0 Å². The van der Waals surface area contributed by atoms with Gasteiger partial charge in [-0.25, -0.2) is 14.4 Å². The average molecular weight is 638 g/mol. The minimum atomic E-state index is -4.71. The third-order valence-electron chi connectivity index (χ3n) is 7.99. The number of aliphatic carboxylic acids is 1. The molecule has 2 aromatic heterocycles. The molecule has 10 nitrogen and oxygen atoms in total. The number of hydrogen-bond acceptors (Lipinski definition) is 10. The lowest BCUT2D eigenvalue weighted by Crippen LogP contribution is -2.47. The van der Waals surface area contributed by atoms with Crippen LogP contribution in [0.2, 0.25) is 0 Å². The van der Waals surface area contributed by atoms with Crippen molar-refractivity contribution in [3.8, 4) is 11.3 Å². The molecule has 2 atom stereocenters. The van der Waals surface area contributed by atoms with Gasteiger partial charge in [0, 0.05) is 55.6 Å². The predicted octanol–water partition coefficient (Wildman–Crippen LogP) is 4.83. The molecule has 4 heterocycles. The van der Waals surface area contributed by atoms with Gasteiger partial charge < -0.3 is 20.4 Å². The zero-order chi connectivity index (χ0) is 31.4. The molecule has 1 unspecified atom stereocenters. The van der Waals surface area contributed by atoms with Crippen molar-refractivity contribution in [2.24, 2.45) is 0 Å². The average Bonchev–Trinajstić information content (AvgIpc) is 3.57. The number of benzene rings is 1. The number of aliphatic hydroxyl groups is 1. The van der Waals surface area contributed by atoms with E-state index in [1.54, 1.807) is 6.20 Å².